The molecule has 0 unspecified atom stereocenters. The van der Waals surface area contributed by atoms with E-state index in [1.165, 1.54) is 13.8 Å². The molecule has 2 aliphatic rings. The number of benzene rings is 3. The highest BCUT2D eigenvalue weighted by Gasteiger charge is 2.53. The van der Waals surface area contributed by atoms with E-state index in [9.17, 15) is 14.4 Å². The van der Waals surface area contributed by atoms with Crippen LogP contribution in [0.3, 0.4) is 0 Å². The van der Waals surface area contributed by atoms with Gasteiger partial charge in [-0.2, -0.15) is 0 Å². The van der Waals surface area contributed by atoms with Crippen molar-refractivity contribution >= 4 is 40.5 Å². The van der Waals surface area contributed by atoms with Crippen LogP contribution in [0, 0.1) is 3.57 Å². The summed E-state index contributed by atoms with van der Waals surface area (Å²) in [4.78, 5) is 35.8. The molecule has 0 atom stereocenters. The van der Waals surface area contributed by atoms with Crippen molar-refractivity contribution in [1.82, 2.24) is 0 Å². The fourth-order valence-electron chi connectivity index (χ4n) is 4.11. The Balaban J connectivity index is 1.78. The molecule has 8 heteroatoms. The highest BCUT2D eigenvalue weighted by atomic mass is 127. The number of halogens is 1. The van der Waals surface area contributed by atoms with Gasteiger partial charge in [0.1, 0.15) is 23.0 Å². The Morgan fingerprint density at radius 3 is 1.91 bits per heavy atom. The van der Waals surface area contributed by atoms with Crippen molar-refractivity contribution in [2.45, 2.75) is 19.4 Å². The minimum absolute atomic E-state index is 0.290. The van der Waals surface area contributed by atoms with Crippen molar-refractivity contribution in [3.05, 3.63) is 80.4 Å². The number of carbonyl (C=O) groups excluding carboxylic acids is 3. The third kappa shape index (κ3) is 3.13. The zero-order valence-electron chi connectivity index (χ0n) is 16.9. The van der Waals surface area contributed by atoms with Crippen molar-refractivity contribution in [3.8, 4) is 23.0 Å². The largest absolute Gasteiger partial charge is 0.456 e. The number of carbonyl (C=O) groups is 3. The lowest BCUT2D eigenvalue weighted by Crippen LogP contribution is -2.33. The van der Waals surface area contributed by atoms with E-state index in [1.54, 1.807) is 42.5 Å². The van der Waals surface area contributed by atoms with Gasteiger partial charge < -0.3 is 18.9 Å². The average molecular weight is 542 g/mol. The molecule has 0 saturated carbocycles. The Morgan fingerprint density at radius 2 is 1.38 bits per heavy atom. The van der Waals surface area contributed by atoms with Gasteiger partial charge >= 0.3 is 17.9 Å². The highest BCUT2D eigenvalue weighted by Crippen LogP contribution is 2.57. The molecular formula is C24H15IO7. The maximum absolute atomic E-state index is 12.9. The Bertz CT molecular complexity index is 1260. The first-order chi connectivity index (χ1) is 15.3. The molecule has 160 valence electrons. The molecule has 7 nitrogen and oxygen atoms in total. The van der Waals surface area contributed by atoms with Crippen LogP contribution in [0.4, 0.5) is 0 Å². The zero-order chi connectivity index (χ0) is 22.6. The van der Waals surface area contributed by atoms with Gasteiger partial charge in [0, 0.05) is 46.2 Å². The predicted octanol–water partition coefficient (Wildman–Crippen LogP) is 4.71. The fraction of sp³-hybridized carbons (Fsp3) is 0.125. The Kier molecular flexibility index (Phi) is 4.70. The molecule has 2 aliphatic heterocycles. The minimum atomic E-state index is -1.26. The maximum atomic E-state index is 12.9. The highest BCUT2D eigenvalue weighted by molar-refractivity contribution is 14.1. The molecule has 0 aromatic heterocycles. The molecular weight excluding hydrogens is 527 g/mol. The lowest BCUT2D eigenvalue weighted by atomic mass is 9.77. The first kappa shape index (κ1) is 20.5. The van der Waals surface area contributed by atoms with Gasteiger partial charge in [-0.05, 0) is 65.1 Å². The van der Waals surface area contributed by atoms with Crippen LogP contribution in [0.25, 0.3) is 0 Å². The van der Waals surface area contributed by atoms with Crippen molar-refractivity contribution < 1.29 is 33.3 Å². The van der Waals surface area contributed by atoms with E-state index < -0.39 is 23.5 Å². The quantitative estimate of drug-likeness (QED) is 0.263. The van der Waals surface area contributed by atoms with E-state index in [4.69, 9.17) is 18.9 Å². The molecule has 5 rings (SSSR count). The lowest BCUT2D eigenvalue weighted by molar-refractivity contribution is -0.132. The SMILES string of the molecule is CC(=O)Oc1ccc2c(c1)Oc1cc(OC(C)=O)ccc1C21OC(=O)c2ccc(I)cc21. The molecule has 0 saturated heterocycles. The van der Waals surface area contributed by atoms with Crippen LogP contribution in [0.1, 0.15) is 40.9 Å². The molecule has 3 aromatic carbocycles. The van der Waals surface area contributed by atoms with Gasteiger partial charge in [0.25, 0.3) is 0 Å². The lowest BCUT2D eigenvalue weighted by Gasteiger charge is -2.36. The molecule has 2 heterocycles. The number of fused-ring (bicyclic) bond motifs is 6. The van der Waals surface area contributed by atoms with Gasteiger partial charge in [-0.25, -0.2) is 4.79 Å². The second kappa shape index (κ2) is 7.33. The second-order valence-corrected chi connectivity index (χ2v) is 8.61. The number of rotatable bonds is 2. The van der Waals surface area contributed by atoms with Gasteiger partial charge in [-0.1, -0.05) is 0 Å². The summed E-state index contributed by atoms with van der Waals surface area (Å²) >= 11 is 2.18. The summed E-state index contributed by atoms with van der Waals surface area (Å²) in [6, 6.07) is 15.3. The zero-order valence-corrected chi connectivity index (χ0v) is 19.1. The fourth-order valence-corrected chi connectivity index (χ4v) is 4.60. The van der Waals surface area contributed by atoms with Gasteiger partial charge in [-0.3, -0.25) is 9.59 Å². The molecule has 0 fully saturated rings. The molecule has 0 N–H and O–H groups in total. The first-order valence-electron chi connectivity index (χ1n) is 9.65. The topological polar surface area (TPSA) is 88.1 Å². The Labute approximate surface area is 196 Å². The number of hydrogen-bond donors (Lipinski definition) is 0. The number of hydrogen-bond acceptors (Lipinski definition) is 7. The molecule has 0 bridgehead atoms. The van der Waals surface area contributed by atoms with Crippen LogP contribution in [0.5, 0.6) is 23.0 Å². The molecule has 3 aromatic rings. The van der Waals surface area contributed by atoms with E-state index in [-0.39, 0.29) is 11.5 Å². The summed E-state index contributed by atoms with van der Waals surface area (Å²) in [7, 11) is 0. The number of ether oxygens (including phenoxy) is 4. The van der Waals surface area contributed by atoms with Crippen LogP contribution in [-0.2, 0) is 19.9 Å². The van der Waals surface area contributed by atoms with E-state index in [1.807, 2.05) is 12.1 Å². The maximum Gasteiger partial charge on any atom is 0.340 e. The average Bonchev–Trinajstić information content (AvgIpc) is 2.99. The third-order valence-corrected chi connectivity index (χ3v) is 5.91. The summed E-state index contributed by atoms with van der Waals surface area (Å²) in [6.07, 6.45) is 0. The van der Waals surface area contributed by atoms with E-state index in [2.05, 4.69) is 22.6 Å². The van der Waals surface area contributed by atoms with Crippen molar-refractivity contribution in [2.24, 2.45) is 0 Å². The second-order valence-electron chi connectivity index (χ2n) is 7.37. The molecule has 0 amide bonds. The van der Waals surface area contributed by atoms with Crippen LogP contribution in [0.2, 0.25) is 0 Å². The van der Waals surface area contributed by atoms with Crippen LogP contribution in [-0.4, -0.2) is 17.9 Å². The van der Waals surface area contributed by atoms with Gasteiger partial charge in [0.05, 0.1) is 5.56 Å². The number of esters is 3. The van der Waals surface area contributed by atoms with E-state index in [0.717, 1.165) is 3.57 Å². The standard InChI is InChI=1S/C24H15IO7/c1-12(26)29-15-4-7-18-21(10-15)31-22-11-16(30-13(2)27)5-8-19(22)24(18)20-9-14(25)3-6-17(20)23(28)32-24/h3-11H,1-2H3. The van der Waals surface area contributed by atoms with Crippen molar-refractivity contribution in [2.75, 3.05) is 0 Å². The smallest absolute Gasteiger partial charge is 0.340 e. The van der Waals surface area contributed by atoms with E-state index >= 15 is 0 Å². The summed E-state index contributed by atoms with van der Waals surface area (Å²) in [5, 5.41) is 0. The monoisotopic (exact) mass is 542 g/mol. The molecule has 1 spiro atoms. The third-order valence-electron chi connectivity index (χ3n) is 5.23. The molecule has 32 heavy (non-hydrogen) atoms. The van der Waals surface area contributed by atoms with Gasteiger partial charge in [-0.15, -0.1) is 0 Å². The Morgan fingerprint density at radius 1 is 0.812 bits per heavy atom. The van der Waals surface area contributed by atoms with Gasteiger partial charge in [0.15, 0.2) is 5.60 Å². The summed E-state index contributed by atoms with van der Waals surface area (Å²) in [5.41, 5.74) is 1.06. The molecule has 0 aliphatic carbocycles. The van der Waals surface area contributed by atoms with E-state index in [0.29, 0.717) is 33.8 Å². The van der Waals surface area contributed by atoms with Crippen LogP contribution >= 0.6 is 22.6 Å². The van der Waals surface area contributed by atoms with Crippen LogP contribution in [0.15, 0.2) is 54.6 Å². The predicted molar refractivity (Wildman–Crippen MR) is 120 cm³/mol. The van der Waals surface area contributed by atoms with Gasteiger partial charge in [0.2, 0.25) is 0 Å². The van der Waals surface area contributed by atoms with Crippen molar-refractivity contribution in [3.63, 3.8) is 0 Å². The summed E-state index contributed by atoms with van der Waals surface area (Å²) in [5.74, 6) is -0.105. The minimum Gasteiger partial charge on any atom is -0.456 e. The summed E-state index contributed by atoms with van der Waals surface area (Å²) in [6.45, 7) is 2.61. The molecule has 0 radical (unpaired) electrons. The normalized spacial score (nSPS) is 14.5. The summed E-state index contributed by atoms with van der Waals surface area (Å²) < 4.78 is 23.5. The Hall–Kier alpha value is -3.40. The van der Waals surface area contributed by atoms with Crippen LogP contribution < -0.4 is 14.2 Å². The first-order valence-corrected chi connectivity index (χ1v) is 10.7. The van der Waals surface area contributed by atoms with Crippen molar-refractivity contribution in [1.29, 1.82) is 0 Å².